The predicted molar refractivity (Wildman–Crippen MR) is 126 cm³/mol. The summed E-state index contributed by atoms with van der Waals surface area (Å²) in [4.78, 5) is 19.5. The van der Waals surface area contributed by atoms with E-state index in [4.69, 9.17) is 16.1 Å². The quantitative estimate of drug-likeness (QED) is 0.381. The smallest absolute Gasteiger partial charge is 0.258 e. The SMILES string of the molecule is C#CCSc1nc2c(c(=O)n1[C@@H]1CCOC(C)(C)C1)C1(CCCC1)Cc1ccccc1-2. The number of aromatic nitrogens is 2. The molecule has 3 aliphatic rings. The van der Waals surface area contributed by atoms with Gasteiger partial charge in [0, 0.05) is 23.6 Å². The van der Waals surface area contributed by atoms with Gasteiger partial charge >= 0.3 is 0 Å². The normalized spacial score (nSPS) is 23.2. The number of nitrogens with zero attached hydrogens (tertiary/aromatic N) is 2. The summed E-state index contributed by atoms with van der Waals surface area (Å²) in [6.45, 7) is 4.88. The lowest BCUT2D eigenvalue weighted by Crippen LogP contribution is -2.44. The molecule has 1 aromatic heterocycles. The minimum Gasteiger partial charge on any atom is -0.375 e. The van der Waals surface area contributed by atoms with Crippen molar-refractivity contribution < 1.29 is 4.74 Å². The monoisotopic (exact) mass is 434 g/mol. The Bertz CT molecular complexity index is 1110. The number of hydrogen-bond acceptors (Lipinski definition) is 4. The van der Waals surface area contributed by atoms with E-state index in [1.54, 1.807) is 0 Å². The second-order valence-electron chi connectivity index (χ2n) is 9.86. The molecule has 2 aliphatic carbocycles. The van der Waals surface area contributed by atoms with Crippen LogP contribution in [-0.2, 0) is 16.6 Å². The maximum absolute atomic E-state index is 14.3. The van der Waals surface area contributed by atoms with Gasteiger partial charge in [0.05, 0.1) is 22.6 Å². The van der Waals surface area contributed by atoms with E-state index in [0.717, 1.165) is 54.1 Å². The fourth-order valence-electron chi connectivity index (χ4n) is 5.97. The lowest BCUT2D eigenvalue weighted by molar-refractivity contribution is -0.0710. The van der Waals surface area contributed by atoms with Gasteiger partial charge in [-0.1, -0.05) is 54.8 Å². The summed E-state index contributed by atoms with van der Waals surface area (Å²) in [5, 5.41) is 0.759. The van der Waals surface area contributed by atoms with Gasteiger partial charge in [0.25, 0.3) is 5.56 Å². The fourth-order valence-corrected chi connectivity index (χ4v) is 6.71. The van der Waals surface area contributed by atoms with Gasteiger partial charge < -0.3 is 4.74 Å². The third-order valence-electron chi connectivity index (χ3n) is 7.30. The van der Waals surface area contributed by atoms with E-state index in [0.29, 0.717) is 12.4 Å². The van der Waals surface area contributed by atoms with Crippen LogP contribution in [0.15, 0.2) is 34.2 Å². The number of ether oxygens (including phenoxy) is 1. The Hall–Kier alpha value is -2.03. The van der Waals surface area contributed by atoms with E-state index in [2.05, 4.69) is 44.0 Å². The topological polar surface area (TPSA) is 44.1 Å². The molecule has 2 heterocycles. The Kier molecular flexibility index (Phi) is 5.27. The van der Waals surface area contributed by atoms with Crippen molar-refractivity contribution in [3.8, 4) is 23.6 Å². The molecule has 5 rings (SSSR count). The van der Waals surface area contributed by atoms with Crippen molar-refractivity contribution in [3.63, 3.8) is 0 Å². The summed E-state index contributed by atoms with van der Waals surface area (Å²) in [7, 11) is 0. The first-order valence-electron chi connectivity index (χ1n) is 11.4. The number of rotatable bonds is 3. The zero-order chi connectivity index (χ0) is 21.6. The molecule has 0 radical (unpaired) electrons. The minimum absolute atomic E-state index is 0.0779. The summed E-state index contributed by atoms with van der Waals surface area (Å²) in [5.41, 5.74) is 4.13. The Morgan fingerprint density at radius 3 is 2.81 bits per heavy atom. The molecular weight excluding hydrogens is 404 g/mol. The molecular formula is C26H30N2O2S. The Balaban J connectivity index is 1.75. The first-order chi connectivity index (χ1) is 14.9. The van der Waals surface area contributed by atoms with Crippen molar-refractivity contribution in [2.75, 3.05) is 12.4 Å². The number of fused-ring (bicyclic) bond motifs is 4. The lowest BCUT2D eigenvalue weighted by atomic mass is 9.68. The third kappa shape index (κ3) is 3.54. The molecule has 1 atom stereocenters. The van der Waals surface area contributed by atoms with E-state index in [-0.39, 0.29) is 22.6 Å². The average molecular weight is 435 g/mol. The summed E-state index contributed by atoms with van der Waals surface area (Å²) in [6.07, 6.45) is 12.7. The third-order valence-corrected chi connectivity index (χ3v) is 8.15. The van der Waals surface area contributed by atoms with Crippen molar-refractivity contribution in [2.45, 2.75) is 81.0 Å². The molecule has 1 saturated heterocycles. The first kappa shape index (κ1) is 20.8. The Morgan fingerprint density at radius 2 is 2.06 bits per heavy atom. The highest BCUT2D eigenvalue weighted by Gasteiger charge is 2.45. The van der Waals surface area contributed by atoms with E-state index in [1.165, 1.54) is 30.2 Å². The molecule has 4 nitrogen and oxygen atoms in total. The highest BCUT2D eigenvalue weighted by molar-refractivity contribution is 7.99. The van der Waals surface area contributed by atoms with Gasteiger partial charge in [-0.25, -0.2) is 4.98 Å². The van der Waals surface area contributed by atoms with E-state index in [1.807, 2.05) is 4.57 Å². The summed E-state index contributed by atoms with van der Waals surface area (Å²) in [6, 6.07) is 8.58. The summed E-state index contributed by atoms with van der Waals surface area (Å²) >= 11 is 1.51. The van der Waals surface area contributed by atoms with Crippen LogP contribution < -0.4 is 5.56 Å². The molecule has 2 fully saturated rings. The lowest BCUT2D eigenvalue weighted by Gasteiger charge is -2.39. The molecule has 5 heteroatoms. The Labute approximate surface area is 188 Å². The number of benzene rings is 1. The molecule has 0 bridgehead atoms. The van der Waals surface area contributed by atoms with E-state index in [9.17, 15) is 4.79 Å². The van der Waals surface area contributed by atoms with Crippen LogP contribution in [0.3, 0.4) is 0 Å². The zero-order valence-corrected chi connectivity index (χ0v) is 19.3. The molecule has 0 amide bonds. The average Bonchev–Trinajstić information content (AvgIpc) is 3.19. The van der Waals surface area contributed by atoms with Gasteiger partial charge in [-0.15, -0.1) is 6.42 Å². The van der Waals surface area contributed by atoms with Crippen LogP contribution in [0.4, 0.5) is 0 Å². The molecule has 31 heavy (non-hydrogen) atoms. The highest BCUT2D eigenvalue weighted by atomic mass is 32.2. The van der Waals surface area contributed by atoms with Gasteiger partial charge in [0.2, 0.25) is 0 Å². The first-order valence-corrected chi connectivity index (χ1v) is 12.4. The Morgan fingerprint density at radius 1 is 1.29 bits per heavy atom. The van der Waals surface area contributed by atoms with Crippen LogP contribution in [0, 0.1) is 12.3 Å². The zero-order valence-electron chi connectivity index (χ0n) is 18.4. The number of hydrogen-bond donors (Lipinski definition) is 0. The maximum atomic E-state index is 14.3. The predicted octanol–water partition coefficient (Wildman–Crippen LogP) is 5.13. The van der Waals surface area contributed by atoms with Crippen LogP contribution in [-0.4, -0.2) is 27.5 Å². The summed E-state index contributed by atoms with van der Waals surface area (Å²) in [5.74, 6) is 3.22. The highest BCUT2D eigenvalue weighted by Crippen LogP contribution is 2.50. The van der Waals surface area contributed by atoms with Crippen LogP contribution in [0.25, 0.3) is 11.3 Å². The standard InChI is InChI=1S/C26H30N2O2S/c1-4-15-31-24-27-22-20-10-6-5-9-18(20)16-26(12-7-8-13-26)21(22)23(29)28(24)19-11-14-30-25(2,3)17-19/h1,5-6,9-10,19H,7-8,11-17H2,2-3H3/t19-/m1/s1. The van der Waals surface area contributed by atoms with Gasteiger partial charge in [-0.05, 0) is 51.5 Å². The van der Waals surface area contributed by atoms with Gasteiger partial charge in [-0.2, -0.15) is 0 Å². The van der Waals surface area contributed by atoms with E-state index < -0.39 is 0 Å². The van der Waals surface area contributed by atoms with Crippen molar-refractivity contribution in [2.24, 2.45) is 0 Å². The summed E-state index contributed by atoms with van der Waals surface area (Å²) < 4.78 is 7.94. The van der Waals surface area contributed by atoms with Crippen LogP contribution in [0.1, 0.15) is 69.5 Å². The van der Waals surface area contributed by atoms with Crippen molar-refractivity contribution in [1.29, 1.82) is 0 Å². The van der Waals surface area contributed by atoms with Gasteiger partial charge in [0.15, 0.2) is 5.16 Å². The van der Waals surface area contributed by atoms with Crippen molar-refractivity contribution in [1.82, 2.24) is 9.55 Å². The van der Waals surface area contributed by atoms with Crippen molar-refractivity contribution >= 4 is 11.8 Å². The second kappa shape index (κ2) is 7.83. The second-order valence-corrected chi connectivity index (χ2v) is 10.8. The molecule has 1 aromatic carbocycles. The molecule has 2 aromatic rings. The maximum Gasteiger partial charge on any atom is 0.258 e. The molecule has 0 N–H and O–H groups in total. The molecule has 1 spiro atoms. The van der Waals surface area contributed by atoms with Crippen LogP contribution in [0.5, 0.6) is 0 Å². The van der Waals surface area contributed by atoms with E-state index >= 15 is 0 Å². The minimum atomic E-state index is -0.246. The van der Waals surface area contributed by atoms with Crippen molar-refractivity contribution in [3.05, 3.63) is 45.7 Å². The molecule has 1 aliphatic heterocycles. The van der Waals surface area contributed by atoms with Crippen LogP contribution >= 0.6 is 11.8 Å². The molecule has 162 valence electrons. The number of terminal acetylenes is 1. The largest absolute Gasteiger partial charge is 0.375 e. The van der Waals surface area contributed by atoms with Crippen LogP contribution in [0.2, 0.25) is 0 Å². The molecule has 1 saturated carbocycles. The van der Waals surface area contributed by atoms with Gasteiger partial charge in [-0.3, -0.25) is 9.36 Å². The molecule has 0 unspecified atom stereocenters. The fraction of sp³-hybridized carbons (Fsp3) is 0.538. The van der Waals surface area contributed by atoms with Gasteiger partial charge in [0.1, 0.15) is 0 Å². The number of thioether (sulfide) groups is 1.